The highest BCUT2D eigenvalue weighted by Gasteiger charge is 2.06. The lowest BCUT2D eigenvalue weighted by Crippen LogP contribution is -1.95. The molecule has 1 heterocycles. The van der Waals surface area contributed by atoms with Crippen LogP contribution in [0.3, 0.4) is 0 Å². The van der Waals surface area contributed by atoms with E-state index in [2.05, 4.69) is 4.98 Å². The first-order chi connectivity index (χ1) is 8.58. The van der Waals surface area contributed by atoms with Gasteiger partial charge in [-0.25, -0.2) is 4.98 Å². The summed E-state index contributed by atoms with van der Waals surface area (Å²) in [6.07, 6.45) is 0. The fourth-order valence-corrected chi connectivity index (χ4v) is 1.66. The molecular weight excluding hydrogens is 250 g/mol. The van der Waals surface area contributed by atoms with Crippen LogP contribution in [-0.2, 0) is 0 Å². The van der Waals surface area contributed by atoms with E-state index in [-0.39, 0.29) is 0 Å². The number of rotatable bonds is 2. The Morgan fingerprint density at radius 2 is 2.11 bits per heavy atom. The zero-order valence-corrected chi connectivity index (χ0v) is 10.4. The van der Waals surface area contributed by atoms with Crippen molar-refractivity contribution in [1.29, 1.82) is 5.26 Å². The summed E-state index contributed by atoms with van der Waals surface area (Å²) in [4.78, 5) is 4.18. The van der Waals surface area contributed by atoms with E-state index in [1.165, 1.54) is 0 Å². The molecule has 2 rings (SSSR count). The molecule has 0 aliphatic rings. The maximum Gasteiger partial charge on any atom is 0.220 e. The van der Waals surface area contributed by atoms with Crippen LogP contribution in [0.15, 0.2) is 30.3 Å². The second-order valence-electron chi connectivity index (χ2n) is 3.73. The SMILES string of the molecule is Cc1cc(C#N)cc(Oc2ccc(Cl)cc2N)n1. The van der Waals surface area contributed by atoms with Gasteiger partial charge in [-0.1, -0.05) is 11.6 Å². The van der Waals surface area contributed by atoms with Gasteiger partial charge in [0.15, 0.2) is 5.75 Å². The number of nitrogen functional groups attached to an aromatic ring is 1. The number of ether oxygens (including phenoxy) is 1. The van der Waals surface area contributed by atoms with Crippen molar-refractivity contribution < 1.29 is 4.74 Å². The van der Waals surface area contributed by atoms with Gasteiger partial charge in [0.1, 0.15) is 0 Å². The van der Waals surface area contributed by atoms with E-state index in [1.807, 2.05) is 6.07 Å². The number of nitrogens with zero attached hydrogens (tertiary/aromatic N) is 2. The number of anilines is 1. The molecule has 0 atom stereocenters. The Bertz CT molecular complexity index is 635. The highest BCUT2D eigenvalue weighted by Crippen LogP contribution is 2.29. The highest BCUT2D eigenvalue weighted by atomic mass is 35.5. The van der Waals surface area contributed by atoms with Gasteiger partial charge in [-0.3, -0.25) is 0 Å². The van der Waals surface area contributed by atoms with Gasteiger partial charge in [0, 0.05) is 16.8 Å². The second-order valence-corrected chi connectivity index (χ2v) is 4.17. The summed E-state index contributed by atoms with van der Waals surface area (Å²) in [5.41, 5.74) is 7.39. The Kier molecular flexibility index (Phi) is 3.35. The molecule has 2 aromatic rings. The molecule has 4 nitrogen and oxygen atoms in total. The van der Waals surface area contributed by atoms with Crippen LogP contribution in [-0.4, -0.2) is 4.98 Å². The Labute approximate surface area is 110 Å². The van der Waals surface area contributed by atoms with Crippen LogP contribution in [0.5, 0.6) is 11.6 Å². The average molecular weight is 260 g/mol. The molecule has 1 aromatic heterocycles. The molecule has 0 unspecified atom stereocenters. The smallest absolute Gasteiger partial charge is 0.220 e. The molecule has 0 aliphatic heterocycles. The number of halogens is 1. The highest BCUT2D eigenvalue weighted by molar-refractivity contribution is 6.30. The van der Waals surface area contributed by atoms with E-state index in [1.54, 1.807) is 37.3 Å². The zero-order chi connectivity index (χ0) is 13.1. The Hall–Kier alpha value is -2.25. The standard InChI is InChI=1S/C13H10ClN3O/c1-8-4-9(7-15)5-13(17-8)18-12-3-2-10(14)6-11(12)16/h2-6H,16H2,1H3. The summed E-state index contributed by atoms with van der Waals surface area (Å²) >= 11 is 5.80. The summed E-state index contributed by atoms with van der Waals surface area (Å²) in [6.45, 7) is 1.79. The minimum Gasteiger partial charge on any atom is -0.437 e. The molecular formula is C13H10ClN3O. The number of aromatic nitrogens is 1. The molecule has 0 fully saturated rings. The maximum atomic E-state index is 8.87. The fraction of sp³-hybridized carbons (Fsp3) is 0.0769. The van der Waals surface area contributed by atoms with Crippen molar-refractivity contribution in [3.8, 4) is 17.7 Å². The second kappa shape index (κ2) is 4.94. The van der Waals surface area contributed by atoms with Crippen LogP contribution in [0.4, 0.5) is 5.69 Å². The molecule has 0 saturated heterocycles. The van der Waals surface area contributed by atoms with Crippen LogP contribution in [0.1, 0.15) is 11.3 Å². The van der Waals surface area contributed by atoms with Crippen molar-refractivity contribution in [3.05, 3.63) is 46.6 Å². The Balaban J connectivity index is 2.34. The number of nitrogens with two attached hydrogens (primary N) is 1. The van der Waals surface area contributed by atoms with Crippen LogP contribution < -0.4 is 10.5 Å². The van der Waals surface area contributed by atoms with Gasteiger partial charge in [-0.05, 0) is 31.2 Å². The summed E-state index contributed by atoms with van der Waals surface area (Å²) in [7, 11) is 0. The van der Waals surface area contributed by atoms with Crippen molar-refractivity contribution in [2.75, 3.05) is 5.73 Å². The van der Waals surface area contributed by atoms with Gasteiger partial charge in [-0.2, -0.15) is 5.26 Å². The van der Waals surface area contributed by atoms with Crippen LogP contribution in [0.25, 0.3) is 0 Å². The molecule has 0 radical (unpaired) electrons. The van der Waals surface area contributed by atoms with Crippen molar-refractivity contribution in [3.63, 3.8) is 0 Å². The predicted octanol–water partition coefficient (Wildman–Crippen LogP) is 3.29. The minimum atomic E-state index is 0.334. The topological polar surface area (TPSA) is 71.9 Å². The molecule has 0 saturated carbocycles. The number of hydrogen-bond acceptors (Lipinski definition) is 4. The summed E-state index contributed by atoms with van der Waals surface area (Å²) in [5.74, 6) is 0.793. The first-order valence-electron chi connectivity index (χ1n) is 5.20. The number of aryl methyl sites for hydroxylation is 1. The minimum absolute atomic E-state index is 0.334. The van der Waals surface area contributed by atoms with Crippen LogP contribution >= 0.6 is 11.6 Å². The van der Waals surface area contributed by atoms with E-state index in [9.17, 15) is 0 Å². The fourth-order valence-electron chi connectivity index (χ4n) is 1.48. The summed E-state index contributed by atoms with van der Waals surface area (Å²) in [6, 6.07) is 10.2. The van der Waals surface area contributed by atoms with Gasteiger partial charge in [0.05, 0.1) is 17.3 Å². The molecule has 5 heteroatoms. The average Bonchev–Trinajstić information content (AvgIpc) is 2.32. The monoisotopic (exact) mass is 259 g/mol. The van der Waals surface area contributed by atoms with Gasteiger partial charge >= 0.3 is 0 Å². The molecule has 1 aromatic carbocycles. The van der Waals surface area contributed by atoms with Crippen molar-refractivity contribution in [2.45, 2.75) is 6.92 Å². The molecule has 2 N–H and O–H groups in total. The quantitative estimate of drug-likeness (QED) is 0.840. The summed E-state index contributed by atoms with van der Waals surface area (Å²) in [5, 5.41) is 9.40. The van der Waals surface area contributed by atoms with E-state index in [0.717, 1.165) is 0 Å². The third-order valence-electron chi connectivity index (χ3n) is 2.25. The molecule has 0 amide bonds. The van der Waals surface area contributed by atoms with Gasteiger partial charge in [0.25, 0.3) is 0 Å². The number of pyridine rings is 1. The third kappa shape index (κ3) is 2.70. The van der Waals surface area contributed by atoms with Crippen molar-refractivity contribution in [1.82, 2.24) is 4.98 Å². The molecule has 90 valence electrons. The number of nitriles is 1. The van der Waals surface area contributed by atoms with Gasteiger partial charge < -0.3 is 10.5 Å². The lowest BCUT2D eigenvalue weighted by Gasteiger charge is -2.08. The summed E-state index contributed by atoms with van der Waals surface area (Å²) < 4.78 is 5.54. The van der Waals surface area contributed by atoms with E-state index in [0.29, 0.717) is 33.6 Å². The zero-order valence-electron chi connectivity index (χ0n) is 9.64. The number of hydrogen-bond donors (Lipinski definition) is 1. The first-order valence-corrected chi connectivity index (χ1v) is 5.58. The first kappa shape index (κ1) is 12.2. The van der Waals surface area contributed by atoms with E-state index < -0.39 is 0 Å². The normalized spacial score (nSPS) is 9.83. The number of benzene rings is 1. The van der Waals surface area contributed by atoms with Gasteiger partial charge in [-0.15, -0.1) is 0 Å². The third-order valence-corrected chi connectivity index (χ3v) is 2.48. The molecule has 0 aliphatic carbocycles. The molecule has 18 heavy (non-hydrogen) atoms. The predicted molar refractivity (Wildman–Crippen MR) is 69.6 cm³/mol. The molecule has 0 bridgehead atoms. The van der Waals surface area contributed by atoms with Gasteiger partial charge in [0.2, 0.25) is 5.88 Å². The maximum absolute atomic E-state index is 8.87. The largest absolute Gasteiger partial charge is 0.437 e. The van der Waals surface area contributed by atoms with Crippen LogP contribution in [0.2, 0.25) is 5.02 Å². The van der Waals surface area contributed by atoms with Crippen LogP contribution in [0, 0.1) is 18.3 Å². The van der Waals surface area contributed by atoms with Crippen molar-refractivity contribution >= 4 is 17.3 Å². The van der Waals surface area contributed by atoms with E-state index in [4.69, 9.17) is 27.3 Å². The Morgan fingerprint density at radius 3 is 2.78 bits per heavy atom. The van der Waals surface area contributed by atoms with Crippen molar-refractivity contribution in [2.24, 2.45) is 0 Å². The molecule has 0 spiro atoms. The Morgan fingerprint density at radius 1 is 1.33 bits per heavy atom. The lowest BCUT2D eigenvalue weighted by atomic mass is 10.2. The van der Waals surface area contributed by atoms with E-state index >= 15 is 0 Å². The lowest BCUT2D eigenvalue weighted by molar-refractivity contribution is 0.463.